The van der Waals surface area contributed by atoms with Gasteiger partial charge < -0.3 is 20.1 Å². The summed E-state index contributed by atoms with van der Waals surface area (Å²) in [5.41, 5.74) is -0.307. The average molecular weight is 442 g/mol. The fraction of sp³-hybridized carbons (Fsp3) is 0.318. The van der Waals surface area contributed by atoms with E-state index in [-0.39, 0.29) is 25.7 Å². The minimum absolute atomic E-state index is 0.165. The van der Waals surface area contributed by atoms with Crippen molar-refractivity contribution < 1.29 is 23.9 Å². The van der Waals surface area contributed by atoms with Crippen molar-refractivity contribution >= 4 is 29.6 Å². The first-order chi connectivity index (χ1) is 14.9. The van der Waals surface area contributed by atoms with E-state index >= 15 is 0 Å². The fourth-order valence-electron chi connectivity index (χ4n) is 3.55. The van der Waals surface area contributed by atoms with E-state index in [0.717, 1.165) is 15.4 Å². The van der Waals surface area contributed by atoms with Crippen LogP contribution in [0, 0.1) is 0 Å². The number of benzene rings is 2. The Morgan fingerprint density at radius 1 is 1.16 bits per heavy atom. The molecule has 2 heterocycles. The average Bonchev–Trinajstić information content (AvgIpc) is 3.30. The molecule has 31 heavy (non-hydrogen) atoms. The molecule has 0 bridgehead atoms. The Bertz CT molecular complexity index is 1000. The number of carbonyl (C=O) groups is 3. The van der Waals surface area contributed by atoms with Crippen LogP contribution in [0.4, 0.5) is 4.79 Å². The molecule has 0 aromatic heterocycles. The van der Waals surface area contributed by atoms with Crippen LogP contribution in [0.15, 0.2) is 53.4 Å². The molecule has 9 heteroatoms. The van der Waals surface area contributed by atoms with Crippen LogP contribution in [0.25, 0.3) is 0 Å². The van der Waals surface area contributed by atoms with E-state index in [1.165, 1.54) is 0 Å². The fourth-order valence-corrected chi connectivity index (χ4v) is 4.33. The standard InChI is InChI=1S/C22H23N3O5S/c1-22(12-15-7-8-17-18(11-15)30-14-29-17)20(27)25(21(28)24-22)13-19(26)23-9-10-31-16-5-3-2-4-6-16/h2-8,11H,9-10,12-14H2,1H3,(H,23,26)(H,24,28). The summed E-state index contributed by atoms with van der Waals surface area (Å²) in [4.78, 5) is 39.7. The van der Waals surface area contributed by atoms with Crippen LogP contribution < -0.4 is 20.1 Å². The van der Waals surface area contributed by atoms with Gasteiger partial charge in [-0.15, -0.1) is 11.8 Å². The van der Waals surface area contributed by atoms with Gasteiger partial charge in [-0.3, -0.25) is 14.5 Å². The molecular weight excluding hydrogens is 418 g/mol. The lowest BCUT2D eigenvalue weighted by Crippen LogP contribution is -2.47. The van der Waals surface area contributed by atoms with E-state index in [9.17, 15) is 14.4 Å². The quantitative estimate of drug-likeness (QED) is 0.370. The number of urea groups is 1. The summed E-state index contributed by atoms with van der Waals surface area (Å²) in [6.07, 6.45) is 0.278. The van der Waals surface area contributed by atoms with Crippen LogP contribution >= 0.6 is 11.8 Å². The van der Waals surface area contributed by atoms with Crippen molar-refractivity contribution in [1.29, 1.82) is 0 Å². The Balaban J connectivity index is 1.29. The molecule has 0 spiro atoms. The summed E-state index contributed by atoms with van der Waals surface area (Å²) in [5, 5.41) is 5.48. The molecule has 1 fully saturated rings. The first kappa shape index (κ1) is 21.0. The Hall–Kier alpha value is -3.20. The van der Waals surface area contributed by atoms with Gasteiger partial charge in [0.2, 0.25) is 12.7 Å². The molecule has 0 radical (unpaired) electrons. The highest BCUT2D eigenvalue weighted by Crippen LogP contribution is 2.34. The van der Waals surface area contributed by atoms with Crippen LogP contribution in [0.1, 0.15) is 12.5 Å². The van der Waals surface area contributed by atoms with Gasteiger partial charge in [-0.25, -0.2) is 4.79 Å². The van der Waals surface area contributed by atoms with Gasteiger partial charge >= 0.3 is 6.03 Å². The van der Waals surface area contributed by atoms with E-state index < -0.39 is 17.5 Å². The lowest BCUT2D eigenvalue weighted by Gasteiger charge is -2.21. The van der Waals surface area contributed by atoms with Crippen molar-refractivity contribution in [3.05, 3.63) is 54.1 Å². The van der Waals surface area contributed by atoms with Crippen molar-refractivity contribution in [2.75, 3.05) is 25.6 Å². The number of rotatable bonds is 8. The highest BCUT2D eigenvalue weighted by molar-refractivity contribution is 7.99. The molecular formula is C22H23N3O5S. The van der Waals surface area contributed by atoms with Gasteiger partial charge in [-0.05, 0) is 36.8 Å². The van der Waals surface area contributed by atoms with Crippen molar-refractivity contribution in [2.24, 2.45) is 0 Å². The zero-order valence-electron chi connectivity index (χ0n) is 17.1. The van der Waals surface area contributed by atoms with E-state index in [4.69, 9.17) is 9.47 Å². The maximum Gasteiger partial charge on any atom is 0.325 e. The molecule has 0 aliphatic carbocycles. The van der Waals surface area contributed by atoms with Crippen molar-refractivity contribution in [3.8, 4) is 11.5 Å². The minimum Gasteiger partial charge on any atom is -0.454 e. The predicted octanol–water partition coefficient (Wildman–Crippen LogP) is 2.18. The van der Waals surface area contributed by atoms with Crippen molar-refractivity contribution in [3.63, 3.8) is 0 Å². The van der Waals surface area contributed by atoms with Crippen LogP contribution in [0.2, 0.25) is 0 Å². The number of ether oxygens (including phenoxy) is 2. The zero-order valence-corrected chi connectivity index (χ0v) is 17.9. The Morgan fingerprint density at radius 3 is 2.74 bits per heavy atom. The SMILES string of the molecule is CC1(Cc2ccc3c(c2)OCO3)NC(=O)N(CC(=O)NCCSc2ccccc2)C1=O. The van der Waals surface area contributed by atoms with Gasteiger partial charge in [0.1, 0.15) is 12.1 Å². The molecule has 2 aromatic carbocycles. The lowest BCUT2D eigenvalue weighted by molar-refractivity contribution is -0.134. The molecule has 1 saturated heterocycles. The summed E-state index contributed by atoms with van der Waals surface area (Å²) in [6.45, 7) is 1.96. The molecule has 8 nitrogen and oxygen atoms in total. The third-order valence-corrected chi connectivity index (χ3v) is 6.09. The second-order valence-electron chi connectivity index (χ2n) is 7.53. The molecule has 1 atom stereocenters. The zero-order chi connectivity index (χ0) is 21.8. The summed E-state index contributed by atoms with van der Waals surface area (Å²) < 4.78 is 10.7. The number of nitrogens with one attached hydrogen (secondary N) is 2. The number of amides is 4. The summed E-state index contributed by atoms with van der Waals surface area (Å²) in [6, 6.07) is 14.7. The molecule has 4 rings (SSSR count). The van der Waals surface area contributed by atoms with Crippen LogP contribution in [0.5, 0.6) is 11.5 Å². The molecule has 2 aliphatic rings. The maximum atomic E-state index is 12.9. The Kier molecular flexibility index (Phi) is 6.03. The third kappa shape index (κ3) is 4.77. The molecule has 0 saturated carbocycles. The third-order valence-electron chi connectivity index (χ3n) is 5.08. The first-order valence-electron chi connectivity index (χ1n) is 9.92. The molecule has 162 valence electrons. The highest BCUT2D eigenvalue weighted by atomic mass is 32.2. The highest BCUT2D eigenvalue weighted by Gasteiger charge is 2.48. The molecule has 1 unspecified atom stereocenters. The molecule has 2 N–H and O–H groups in total. The van der Waals surface area contributed by atoms with Crippen molar-refractivity contribution in [1.82, 2.24) is 15.5 Å². The normalized spacial score (nSPS) is 19.5. The topological polar surface area (TPSA) is 97.0 Å². The monoisotopic (exact) mass is 441 g/mol. The first-order valence-corrected chi connectivity index (χ1v) is 10.9. The van der Waals surface area contributed by atoms with E-state index in [0.29, 0.717) is 23.8 Å². The second-order valence-corrected chi connectivity index (χ2v) is 8.70. The van der Waals surface area contributed by atoms with Gasteiger partial charge in [-0.1, -0.05) is 24.3 Å². The number of thioether (sulfide) groups is 1. The van der Waals surface area contributed by atoms with E-state index in [1.54, 1.807) is 30.8 Å². The van der Waals surface area contributed by atoms with Gasteiger partial charge in [0.25, 0.3) is 5.91 Å². The Morgan fingerprint density at radius 2 is 1.94 bits per heavy atom. The summed E-state index contributed by atoms with van der Waals surface area (Å²) in [5.74, 6) is 1.16. The molecule has 2 aromatic rings. The van der Waals surface area contributed by atoms with Gasteiger partial charge in [-0.2, -0.15) is 0 Å². The smallest absolute Gasteiger partial charge is 0.325 e. The number of imide groups is 1. The van der Waals surface area contributed by atoms with E-state index in [2.05, 4.69) is 10.6 Å². The molecule has 4 amide bonds. The largest absolute Gasteiger partial charge is 0.454 e. The van der Waals surface area contributed by atoms with Crippen molar-refractivity contribution in [2.45, 2.75) is 23.8 Å². The number of nitrogens with zero attached hydrogens (tertiary/aromatic N) is 1. The second kappa shape index (κ2) is 8.89. The van der Waals surface area contributed by atoms with Crippen LogP contribution in [-0.2, 0) is 16.0 Å². The maximum absolute atomic E-state index is 12.9. The Labute approximate surface area is 184 Å². The number of hydrogen-bond donors (Lipinski definition) is 2. The summed E-state index contributed by atoms with van der Waals surface area (Å²) in [7, 11) is 0. The lowest BCUT2D eigenvalue weighted by atomic mass is 9.92. The number of hydrogen-bond acceptors (Lipinski definition) is 6. The minimum atomic E-state index is -1.13. The number of carbonyl (C=O) groups excluding carboxylic acids is 3. The van der Waals surface area contributed by atoms with E-state index in [1.807, 2.05) is 36.4 Å². The van der Waals surface area contributed by atoms with Gasteiger partial charge in [0, 0.05) is 23.6 Å². The van der Waals surface area contributed by atoms with Crippen LogP contribution in [0.3, 0.4) is 0 Å². The van der Waals surface area contributed by atoms with Crippen LogP contribution in [-0.4, -0.2) is 53.9 Å². The van der Waals surface area contributed by atoms with Gasteiger partial charge in [0.15, 0.2) is 11.5 Å². The predicted molar refractivity (Wildman–Crippen MR) is 115 cm³/mol. The molecule has 2 aliphatic heterocycles. The summed E-state index contributed by atoms with van der Waals surface area (Å²) >= 11 is 1.62. The van der Waals surface area contributed by atoms with Gasteiger partial charge in [0.05, 0.1) is 0 Å². The number of fused-ring (bicyclic) bond motifs is 1.